The highest BCUT2D eigenvalue weighted by molar-refractivity contribution is 5.80. The smallest absolute Gasteiger partial charge is 0.193 e. The van der Waals surface area contributed by atoms with Crippen LogP contribution in [0.1, 0.15) is 44.3 Å². The zero-order valence-electron chi connectivity index (χ0n) is 16.7. The minimum atomic E-state index is -0.217. The lowest BCUT2D eigenvalue weighted by molar-refractivity contribution is -0.0605. The molecule has 0 amide bonds. The van der Waals surface area contributed by atoms with Crippen molar-refractivity contribution >= 4 is 5.96 Å². The molecule has 2 aliphatic heterocycles. The Morgan fingerprint density at radius 1 is 1.19 bits per heavy atom. The number of guanidine groups is 1. The summed E-state index contributed by atoms with van der Waals surface area (Å²) in [6.07, 6.45) is 5.12. The number of unbranched alkanes of at least 4 members (excludes halogenated alkanes) is 1. The van der Waals surface area contributed by atoms with Crippen LogP contribution in [0.25, 0.3) is 0 Å². The zero-order valence-corrected chi connectivity index (χ0v) is 16.7. The first-order valence-corrected chi connectivity index (χ1v) is 10.2. The first-order valence-electron chi connectivity index (χ1n) is 10.2. The van der Waals surface area contributed by atoms with Gasteiger partial charge in [0.1, 0.15) is 11.9 Å². The second-order valence-corrected chi connectivity index (χ2v) is 7.62. The predicted octanol–water partition coefficient (Wildman–Crippen LogP) is 3.04. The van der Waals surface area contributed by atoms with Gasteiger partial charge in [-0.2, -0.15) is 0 Å². The van der Waals surface area contributed by atoms with Crippen LogP contribution >= 0.6 is 0 Å². The summed E-state index contributed by atoms with van der Waals surface area (Å²) in [5.41, 5.74) is 1.01. The normalized spacial score (nSPS) is 24.4. The first kappa shape index (κ1) is 20.1. The largest absolute Gasteiger partial charge is 0.367 e. The van der Waals surface area contributed by atoms with Gasteiger partial charge in [0.25, 0.3) is 0 Å². The van der Waals surface area contributed by atoms with E-state index in [0.29, 0.717) is 0 Å². The van der Waals surface area contributed by atoms with E-state index in [-0.39, 0.29) is 18.0 Å². The molecule has 1 N–H and O–H groups in total. The molecular weight excluding hydrogens is 343 g/mol. The average molecular weight is 377 g/mol. The fourth-order valence-electron chi connectivity index (χ4n) is 3.99. The summed E-state index contributed by atoms with van der Waals surface area (Å²) < 4.78 is 19.3. The number of rotatable bonds is 6. The van der Waals surface area contributed by atoms with Crippen LogP contribution in [0.3, 0.4) is 0 Å². The van der Waals surface area contributed by atoms with Gasteiger partial charge in [-0.15, -0.1) is 0 Å². The number of nitrogens with one attached hydrogen (secondary N) is 1. The minimum Gasteiger partial charge on any atom is -0.367 e. The van der Waals surface area contributed by atoms with Crippen molar-refractivity contribution in [3.63, 3.8) is 0 Å². The van der Waals surface area contributed by atoms with Crippen molar-refractivity contribution in [3.8, 4) is 0 Å². The van der Waals surface area contributed by atoms with Crippen molar-refractivity contribution < 1.29 is 9.13 Å². The molecule has 0 aliphatic carbocycles. The third-order valence-corrected chi connectivity index (χ3v) is 5.40. The molecule has 5 nitrogen and oxygen atoms in total. The molecule has 0 saturated carbocycles. The van der Waals surface area contributed by atoms with E-state index in [4.69, 9.17) is 4.74 Å². The average Bonchev–Trinajstić information content (AvgIpc) is 3.18. The van der Waals surface area contributed by atoms with E-state index in [1.165, 1.54) is 51.0 Å². The van der Waals surface area contributed by atoms with Crippen LogP contribution < -0.4 is 5.32 Å². The molecule has 2 unspecified atom stereocenters. The molecule has 27 heavy (non-hydrogen) atoms. The number of benzene rings is 1. The van der Waals surface area contributed by atoms with Gasteiger partial charge in [0.2, 0.25) is 0 Å². The van der Waals surface area contributed by atoms with Crippen LogP contribution in [-0.2, 0) is 4.74 Å². The number of hydrogen-bond donors (Lipinski definition) is 1. The Morgan fingerprint density at radius 3 is 2.63 bits per heavy atom. The van der Waals surface area contributed by atoms with Crippen LogP contribution in [0, 0.1) is 5.82 Å². The molecule has 0 aromatic heterocycles. The molecule has 0 radical (unpaired) electrons. The molecule has 0 spiro atoms. The van der Waals surface area contributed by atoms with Crippen molar-refractivity contribution in [1.29, 1.82) is 0 Å². The number of halogens is 1. The molecule has 2 aliphatic rings. The lowest BCUT2D eigenvalue weighted by Crippen LogP contribution is -2.50. The lowest BCUT2D eigenvalue weighted by atomic mass is 10.1. The Kier molecular flexibility index (Phi) is 7.47. The summed E-state index contributed by atoms with van der Waals surface area (Å²) in [6, 6.07) is 6.61. The Bertz CT molecular complexity index is 601. The van der Waals surface area contributed by atoms with Gasteiger partial charge in [0, 0.05) is 20.1 Å². The highest BCUT2D eigenvalue weighted by Crippen LogP contribution is 2.25. The molecule has 1 aromatic carbocycles. The van der Waals surface area contributed by atoms with Gasteiger partial charge in [-0.1, -0.05) is 12.1 Å². The zero-order chi connectivity index (χ0) is 19.1. The molecule has 1 aromatic rings. The molecule has 2 atom stereocenters. The van der Waals surface area contributed by atoms with Crippen molar-refractivity contribution in [2.24, 2.45) is 4.99 Å². The minimum absolute atomic E-state index is 0.0666. The maximum atomic E-state index is 13.2. The Morgan fingerprint density at radius 2 is 1.93 bits per heavy atom. The quantitative estimate of drug-likeness (QED) is 0.471. The summed E-state index contributed by atoms with van der Waals surface area (Å²) >= 11 is 0. The molecule has 6 heteroatoms. The molecule has 0 bridgehead atoms. The standard InChI is InChI=1S/C21H33FN4O/c1-17-15-26(16-20(27-17)18-7-9-19(22)10-8-18)21(23-2)24-11-3-4-12-25-13-5-6-14-25/h7-10,17,20H,3-6,11-16H2,1-2H3,(H,23,24). The molecule has 150 valence electrons. The summed E-state index contributed by atoms with van der Waals surface area (Å²) in [5, 5.41) is 3.51. The van der Waals surface area contributed by atoms with E-state index in [1.807, 2.05) is 19.2 Å². The second kappa shape index (κ2) is 10.0. The molecule has 2 saturated heterocycles. The maximum Gasteiger partial charge on any atom is 0.193 e. The van der Waals surface area contributed by atoms with Crippen LogP contribution in [0.4, 0.5) is 4.39 Å². The van der Waals surface area contributed by atoms with Gasteiger partial charge >= 0.3 is 0 Å². The van der Waals surface area contributed by atoms with Crippen molar-refractivity contribution in [3.05, 3.63) is 35.6 Å². The van der Waals surface area contributed by atoms with Gasteiger partial charge in [-0.05, 0) is 69.9 Å². The predicted molar refractivity (Wildman–Crippen MR) is 108 cm³/mol. The molecular formula is C21H33FN4O. The molecule has 2 fully saturated rings. The second-order valence-electron chi connectivity index (χ2n) is 7.62. The number of likely N-dealkylation sites (tertiary alicyclic amines) is 1. The number of hydrogen-bond acceptors (Lipinski definition) is 3. The van der Waals surface area contributed by atoms with Crippen LogP contribution in [0.15, 0.2) is 29.3 Å². The molecule has 3 rings (SSSR count). The monoisotopic (exact) mass is 376 g/mol. The third-order valence-electron chi connectivity index (χ3n) is 5.40. The van der Waals surface area contributed by atoms with Crippen molar-refractivity contribution in [1.82, 2.24) is 15.1 Å². The van der Waals surface area contributed by atoms with Gasteiger partial charge < -0.3 is 19.9 Å². The summed E-state index contributed by atoms with van der Waals surface area (Å²) in [5.74, 6) is 0.712. The Labute approximate surface area is 162 Å². The van der Waals surface area contributed by atoms with E-state index in [0.717, 1.165) is 37.6 Å². The van der Waals surface area contributed by atoms with E-state index >= 15 is 0 Å². The first-order chi connectivity index (χ1) is 13.2. The number of morpholine rings is 1. The molecule has 2 heterocycles. The lowest BCUT2D eigenvalue weighted by Gasteiger charge is -2.38. The Hall–Kier alpha value is -1.66. The fraction of sp³-hybridized carbons (Fsp3) is 0.667. The summed E-state index contributed by atoms with van der Waals surface area (Å²) in [4.78, 5) is 9.28. The summed E-state index contributed by atoms with van der Waals surface area (Å²) in [7, 11) is 1.83. The summed E-state index contributed by atoms with van der Waals surface area (Å²) in [6.45, 7) is 8.30. The Balaban J connectivity index is 1.47. The number of nitrogens with zero attached hydrogens (tertiary/aromatic N) is 3. The van der Waals surface area contributed by atoms with Crippen LogP contribution in [0.2, 0.25) is 0 Å². The number of aliphatic imine (C=N–C) groups is 1. The van der Waals surface area contributed by atoms with Gasteiger partial charge in [0.15, 0.2) is 5.96 Å². The number of ether oxygens (including phenoxy) is 1. The van der Waals surface area contributed by atoms with Crippen LogP contribution in [-0.4, -0.2) is 68.2 Å². The van der Waals surface area contributed by atoms with E-state index < -0.39 is 0 Å². The fourth-order valence-corrected chi connectivity index (χ4v) is 3.99. The van der Waals surface area contributed by atoms with E-state index in [9.17, 15) is 4.39 Å². The topological polar surface area (TPSA) is 40.1 Å². The van der Waals surface area contributed by atoms with Gasteiger partial charge in [-0.3, -0.25) is 4.99 Å². The SMILES string of the molecule is CN=C(NCCCCN1CCCC1)N1CC(C)OC(c2ccc(F)cc2)C1. The van der Waals surface area contributed by atoms with E-state index in [2.05, 4.69) is 27.0 Å². The highest BCUT2D eigenvalue weighted by atomic mass is 19.1. The third kappa shape index (κ3) is 5.91. The van der Waals surface area contributed by atoms with Crippen LogP contribution in [0.5, 0.6) is 0 Å². The van der Waals surface area contributed by atoms with Gasteiger partial charge in [0.05, 0.1) is 12.6 Å². The maximum absolute atomic E-state index is 13.2. The van der Waals surface area contributed by atoms with Crippen molar-refractivity contribution in [2.45, 2.75) is 44.8 Å². The van der Waals surface area contributed by atoms with E-state index in [1.54, 1.807) is 0 Å². The van der Waals surface area contributed by atoms with Crippen molar-refractivity contribution in [2.75, 3.05) is 46.3 Å². The van der Waals surface area contributed by atoms with Gasteiger partial charge in [-0.25, -0.2) is 4.39 Å². The highest BCUT2D eigenvalue weighted by Gasteiger charge is 2.28.